The summed E-state index contributed by atoms with van der Waals surface area (Å²) in [6.45, 7) is 3.59. The van der Waals surface area contributed by atoms with Gasteiger partial charge in [-0.15, -0.1) is 11.8 Å². The van der Waals surface area contributed by atoms with Crippen LogP contribution in [-0.4, -0.2) is 12.8 Å². The van der Waals surface area contributed by atoms with Gasteiger partial charge in [-0.2, -0.15) is 0 Å². The number of nitrogens with two attached hydrogens (primary N) is 1. The highest BCUT2D eigenvalue weighted by atomic mass is 79.9. The molecular formula is C17H21BrN2S. The minimum atomic E-state index is 0.568. The smallest absolute Gasteiger partial charge is 0.0437 e. The van der Waals surface area contributed by atoms with Crippen molar-refractivity contribution in [2.45, 2.75) is 24.9 Å². The minimum Gasteiger partial charge on any atom is -0.370 e. The maximum Gasteiger partial charge on any atom is 0.0437 e. The third-order valence-corrected chi connectivity index (χ3v) is 5.14. The molecule has 0 amide bonds. The maximum atomic E-state index is 5.99. The molecule has 0 saturated heterocycles. The molecule has 0 aromatic heterocycles. The van der Waals surface area contributed by atoms with Gasteiger partial charge in [-0.3, -0.25) is 0 Å². The molecule has 112 valence electrons. The fourth-order valence-electron chi connectivity index (χ4n) is 2.37. The molecule has 0 aliphatic carbocycles. The van der Waals surface area contributed by atoms with E-state index in [4.69, 9.17) is 5.73 Å². The van der Waals surface area contributed by atoms with Crippen molar-refractivity contribution < 1.29 is 0 Å². The minimum absolute atomic E-state index is 0.568. The normalized spacial score (nSPS) is 10.7. The Hall–Kier alpha value is -0.970. The van der Waals surface area contributed by atoms with Crippen molar-refractivity contribution in [2.24, 2.45) is 5.73 Å². The molecule has 2 aromatic carbocycles. The monoisotopic (exact) mass is 364 g/mol. The quantitative estimate of drug-likeness (QED) is 0.756. The standard InChI is InChI=1S/C17H21BrN2S/c1-3-21-17-10-6-9-16(14(17)11-19)20(2)12-13-7-4-5-8-15(13)18/h4-10H,3,11-12,19H2,1-2H3. The maximum absolute atomic E-state index is 5.99. The molecular weight excluding hydrogens is 344 g/mol. The fraction of sp³-hybridized carbons (Fsp3) is 0.294. The van der Waals surface area contributed by atoms with E-state index >= 15 is 0 Å². The van der Waals surface area contributed by atoms with Crippen LogP contribution in [-0.2, 0) is 13.1 Å². The lowest BCUT2D eigenvalue weighted by atomic mass is 10.1. The largest absolute Gasteiger partial charge is 0.370 e. The Labute approximate surface area is 139 Å². The summed E-state index contributed by atoms with van der Waals surface area (Å²) in [6.07, 6.45) is 0. The van der Waals surface area contributed by atoms with Crippen molar-refractivity contribution in [2.75, 3.05) is 17.7 Å². The van der Waals surface area contributed by atoms with E-state index in [-0.39, 0.29) is 0 Å². The summed E-state index contributed by atoms with van der Waals surface area (Å²) in [5.74, 6) is 1.06. The first-order chi connectivity index (χ1) is 10.2. The second-order valence-corrected chi connectivity index (χ2v) is 7.00. The average Bonchev–Trinajstić information content (AvgIpc) is 2.49. The number of anilines is 1. The van der Waals surface area contributed by atoms with Crippen LogP contribution in [0.15, 0.2) is 51.8 Å². The van der Waals surface area contributed by atoms with Gasteiger partial charge in [0.15, 0.2) is 0 Å². The molecule has 0 saturated carbocycles. The number of thioether (sulfide) groups is 1. The second-order valence-electron chi connectivity index (χ2n) is 4.84. The summed E-state index contributed by atoms with van der Waals surface area (Å²) in [5, 5.41) is 0. The van der Waals surface area contributed by atoms with Crippen LogP contribution in [0.2, 0.25) is 0 Å². The van der Waals surface area contributed by atoms with Crippen LogP contribution in [0.25, 0.3) is 0 Å². The van der Waals surface area contributed by atoms with Gasteiger partial charge in [-0.1, -0.05) is 47.1 Å². The molecule has 4 heteroatoms. The topological polar surface area (TPSA) is 29.3 Å². The SMILES string of the molecule is CCSc1cccc(N(C)Cc2ccccc2Br)c1CN. The first-order valence-corrected chi connectivity index (χ1v) is 8.84. The van der Waals surface area contributed by atoms with Gasteiger partial charge in [-0.05, 0) is 29.5 Å². The third-order valence-electron chi connectivity index (χ3n) is 3.39. The van der Waals surface area contributed by atoms with Crippen molar-refractivity contribution in [1.82, 2.24) is 0 Å². The molecule has 2 nitrogen and oxygen atoms in total. The third kappa shape index (κ3) is 4.02. The van der Waals surface area contributed by atoms with E-state index in [1.165, 1.54) is 21.7 Å². The van der Waals surface area contributed by atoms with E-state index in [2.05, 4.69) is 71.2 Å². The van der Waals surface area contributed by atoms with Crippen molar-refractivity contribution >= 4 is 33.4 Å². The zero-order valence-electron chi connectivity index (χ0n) is 12.5. The molecule has 2 N–H and O–H groups in total. The fourth-order valence-corrected chi connectivity index (χ4v) is 3.63. The Bertz CT molecular complexity index is 601. The Morgan fingerprint density at radius 1 is 1.14 bits per heavy atom. The summed E-state index contributed by atoms with van der Waals surface area (Å²) in [5.41, 5.74) is 9.72. The van der Waals surface area contributed by atoms with Crippen LogP contribution in [0.1, 0.15) is 18.1 Å². The van der Waals surface area contributed by atoms with Gasteiger partial charge in [0.25, 0.3) is 0 Å². The molecule has 0 spiro atoms. The zero-order valence-corrected chi connectivity index (χ0v) is 14.9. The summed E-state index contributed by atoms with van der Waals surface area (Å²) in [6, 6.07) is 14.8. The predicted molar refractivity (Wildman–Crippen MR) is 97.0 cm³/mol. The van der Waals surface area contributed by atoms with E-state index in [9.17, 15) is 0 Å². The Morgan fingerprint density at radius 2 is 1.90 bits per heavy atom. The van der Waals surface area contributed by atoms with E-state index < -0.39 is 0 Å². The molecule has 21 heavy (non-hydrogen) atoms. The van der Waals surface area contributed by atoms with Crippen molar-refractivity contribution in [3.8, 4) is 0 Å². The predicted octanol–water partition coefficient (Wildman–Crippen LogP) is 4.66. The number of hydrogen-bond acceptors (Lipinski definition) is 3. The van der Waals surface area contributed by atoms with Crippen LogP contribution >= 0.6 is 27.7 Å². The van der Waals surface area contributed by atoms with Crippen LogP contribution in [0.5, 0.6) is 0 Å². The molecule has 0 radical (unpaired) electrons. The van der Waals surface area contributed by atoms with E-state index in [0.717, 1.165) is 16.8 Å². The van der Waals surface area contributed by atoms with Crippen LogP contribution < -0.4 is 10.6 Å². The first kappa shape index (κ1) is 16.4. The molecule has 0 fully saturated rings. The lowest BCUT2D eigenvalue weighted by Gasteiger charge is -2.24. The number of halogens is 1. The molecule has 2 rings (SSSR count). The summed E-state index contributed by atoms with van der Waals surface area (Å²) >= 11 is 5.47. The Morgan fingerprint density at radius 3 is 2.57 bits per heavy atom. The molecule has 0 atom stereocenters. The molecule has 2 aromatic rings. The van der Waals surface area contributed by atoms with Gasteiger partial charge >= 0.3 is 0 Å². The lowest BCUT2D eigenvalue weighted by molar-refractivity contribution is 0.891. The van der Waals surface area contributed by atoms with Crippen LogP contribution in [0.3, 0.4) is 0 Å². The van der Waals surface area contributed by atoms with Gasteiger partial charge in [0.2, 0.25) is 0 Å². The highest BCUT2D eigenvalue weighted by Gasteiger charge is 2.12. The van der Waals surface area contributed by atoms with E-state index in [1.54, 1.807) is 0 Å². The molecule has 0 bridgehead atoms. The van der Waals surface area contributed by atoms with Gasteiger partial charge < -0.3 is 10.6 Å². The number of rotatable bonds is 6. The number of benzene rings is 2. The summed E-state index contributed by atoms with van der Waals surface area (Å²) < 4.78 is 1.14. The molecule has 0 unspecified atom stereocenters. The van der Waals surface area contributed by atoms with Crippen LogP contribution in [0, 0.1) is 0 Å². The van der Waals surface area contributed by atoms with Crippen LogP contribution in [0.4, 0.5) is 5.69 Å². The van der Waals surface area contributed by atoms with Crippen molar-refractivity contribution in [1.29, 1.82) is 0 Å². The van der Waals surface area contributed by atoms with Gasteiger partial charge in [0.1, 0.15) is 0 Å². The molecule has 0 aliphatic heterocycles. The van der Waals surface area contributed by atoms with Crippen molar-refractivity contribution in [3.05, 3.63) is 58.1 Å². The highest BCUT2D eigenvalue weighted by Crippen LogP contribution is 2.31. The van der Waals surface area contributed by atoms with Gasteiger partial charge in [0.05, 0.1) is 0 Å². The molecule has 0 heterocycles. The number of nitrogens with zero attached hydrogens (tertiary/aromatic N) is 1. The average molecular weight is 365 g/mol. The Balaban J connectivity index is 2.28. The summed E-state index contributed by atoms with van der Waals surface area (Å²) in [4.78, 5) is 3.55. The zero-order chi connectivity index (χ0) is 15.2. The lowest BCUT2D eigenvalue weighted by Crippen LogP contribution is -2.19. The second kappa shape index (κ2) is 7.87. The van der Waals surface area contributed by atoms with E-state index in [0.29, 0.717) is 6.54 Å². The van der Waals surface area contributed by atoms with Gasteiger partial charge in [-0.25, -0.2) is 0 Å². The van der Waals surface area contributed by atoms with Gasteiger partial charge in [0, 0.05) is 40.8 Å². The van der Waals surface area contributed by atoms with E-state index in [1.807, 2.05) is 17.8 Å². The highest BCUT2D eigenvalue weighted by molar-refractivity contribution is 9.10. The Kier molecular flexibility index (Phi) is 6.15. The van der Waals surface area contributed by atoms with Crippen molar-refractivity contribution in [3.63, 3.8) is 0 Å². The number of hydrogen-bond donors (Lipinski definition) is 1. The molecule has 0 aliphatic rings. The summed E-state index contributed by atoms with van der Waals surface area (Å²) in [7, 11) is 2.12. The first-order valence-electron chi connectivity index (χ1n) is 7.06.